The van der Waals surface area contributed by atoms with E-state index in [1.54, 1.807) is 0 Å². The number of anilines is 1. The molecule has 0 amide bonds. The van der Waals surface area contributed by atoms with Crippen LogP contribution in [0.15, 0.2) is 18.2 Å². The van der Waals surface area contributed by atoms with E-state index in [-0.39, 0.29) is 5.54 Å². The molecule has 0 bridgehead atoms. The second kappa shape index (κ2) is 4.06. The largest absolute Gasteiger partial charge is 0.399 e. The van der Waals surface area contributed by atoms with Gasteiger partial charge in [-0.1, -0.05) is 13.3 Å². The van der Waals surface area contributed by atoms with Crippen LogP contribution < -0.4 is 5.73 Å². The molecular formula is C14H21N3. The summed E-state index contributed by atoms with van der Waals surface area (Å²) in [5, 5.41) is 0. The third-order valence-corrected chi connectivity index (χ3v) is 3.31. The van der Waals surface area contributed by atoms with Gasteiger partial charge in [-0.25, -0.2) is 4.98 Å². The number of nitrogens with zero attached hydrogens (tertiary/aromatic N) is 2. The quantitative estimate of drug-likeness (QED) is 0.822. The average molecular weight is 231 g/mol. The van der Waals surface area contributed by atoms with Gasteiger partial charge in [-0.2, -0.15) is 0 Å². The van der Waals surface area contributed by atoms with Gasteiger partial charge in [0.2, 0.25) is 0 Å². The maximum absolute atomic E-state index is 5.80. The zero-order valence-electron chi connectivity index (χ0n) is 11.1. The Morgan fingerprint density at radius 2 is 2.06 bits per heavy atom. The van der Waals surface area contributed by atoms with Crippen LogP contribution in [-0.4, -0.2) is 9.55 Å². The molecule has 2 N–H and O–H groups in total. The minimum atomic E-state index is 0.101. The van der Waals surface area contributed by atoms with Crippen molar-refractivity contribution in [2.45, 2.75) is 46.1 Å². The highest BCUT2D eigenvalue weighted by atomic mass is 15.1. The van der Waals surface area contributed by atoms with Crippen LogP contribution >= 0.6 is 0 Å². The molecule has 3 nitrogen and oxygen atoms in total. The zero-order valence-corrected chi connectivity index (χ0v) is 11.1. The second-order valence-corrected chi connectivity index (χ2v) is 5.31. The molecule has 0 aliphatic heterocycles. The first-order valence-corrected chi connectivity index (χ1v) is 6.21. The summed E-state index contributed by atoms with van der Waals surface area (Å²) >= 11 is 0. The number of aromatic nitrogens is 2. The van der Waals surface area contributed by atoms with Crippen LogP contribution in [0.2, 0.25) is 0 Å². The molecular weight excluding hydrogens is 210 g/mol. The molecule has 2 aromatic rings. The molecule has 2 rings (SSSR count). The number of hydrogen-bond acceptors (Lipinski definition) is 2. The summed E-state index contributed by atoms with van der Waals surface area (Å²) in [4.78, 5) is 4.61. The Morgan fingerprint density at radius 3 is 2.71 bits per heavy atom. The van der Waals surface area contributed by atoms with Crippen molar-refractivity contribution in [1.29, 1.82) is 0 Å². The Kier molecular flexibility index (Phi) is 2.86. The van der Waals surface area contributed by atoms with Crippen molar-refractivity contribution in [1.82, 2.24) is 9.55 Å². The van der Waals surface area contributed by atoms with Crippen molar-refractivity contribution in [3.05, 3.63) is 24.0 Å². The predicted octanol–water partition coefficient (Wildman–Crippen LogP) is 3.46. The Hall–Kier alpha value is -1.51. The lowest BCUT2D eigenvalue weighted by Crippen LogP contribution is -2.26. The van der Waals surface area contributed by atoms with E-state index in [9.17, 15) is 0 Å². The van der Waals surface area contributed by atoms with E-state index in [2.05, 4.69) is 43.3 Å². The number of imidazole rings is 1. The minimum Gasteiger partial charge on any atom is -0.399 e. The lowest BCUT2D eigenvalue weighted by molar-refractivity contribution is 0.327. The molecule has 0 aliphatic rings. The molecule has 0 saturated carbocycles. The number of nitrogen functional groups attached to an aromatic ring is 1. The second-order valence-electron chi connectivity index (χ2n) is 5.31. The van der Waals surface area contributed by atoms with E-state index in [0.717, 1.165) is 23.4 Å². The van der Waals surface area contributed by atoms with Crippen LogP contribution in [0.3, 0.4) is 0 Å². The van der Waals surface area contributed by atoms with Gasteiger partial charge in [0.05, 0.1) is 11.0 Å². The number of benzene rings is 1. The summed E-state index contributed by atoms with van der Waals surface area (Å²) in [6, 6.07) is 5.96. The first-order valence-electron chi connectivity index (χ1n) is 6.21. The van der Waals surface area contributed by atoms with E-state index < -0.39 is 0 Å². The van der Waals surface area contributed by atoms with Crippen LogP contribution in [0.5, 0.6) is 0 Å². The molecule has 1 aromatic carbocycles. The summed E-state index contributed by atoms with van der Waals surface area (Å²) in [7, 11) is 0. The summed E-state index contributed by atoms with van der Waals surface area (Å²) in [6.07, 6.45) is 2.31. The van der Waals surface area contributed by atoms with Gasteiger partial charge in [-0.05, 0) is 45.4 Å². The molecule has 0 fully saturated rings. The third-order valence-electron chi connectivity index (χ3n) is 3.31. The molecule has 0 radical (unpaired) electrons. The molecule has 0 unspecified atom stereocenters. The van der Waals surface area contributed by atoms with Crippen molar-refractivity contribution in [2.24, 2.45) is 0 Å². The summed E-state index contributed by atoms with van der Waals surface area (Å²) in [5.41, 5.74) is 8.84. The van der Waals surface area contributed by atoms with Crippen molar-refractivity contribution < 1.29 is 0 Å². The molecule has 92 valence electrons. The van der Waals surface area contributed by atoms with E-state index >= 15 is 0 Å². The summed E-state index contributed by atoms with van der Waals surface area (Å²) in [6.45, 7) is 8.81. The van der Waals surface area contributed by atoms with Gasteiger partial charge >= 0.3 is 0 Å². The lowest BCUT2D eigenvalue weighted by atomic mass is 9.98. The fourth-order valence-electron chi connectivity index (χ4n) is 2.71. The number of aryl methyl sites for hydroxylation is 1. The molecule has 1 aromatic heterocycles. The maximum Gasteiger partial charge on any atom is 0.107 e. The van der Waals surface area contributed by atoms with Gasteiger partial charge in [-0.3, -0.25) is 0 Å². The number of hydrogen-bond donors (Lipinski definition) is 1. The van der Waals surface area contributed by atoms with Crippen molar-refractivity contribution in [2.75, 3.05) is 5.73 Å². The van der Waals surface area contributed by atoms with Crippen LogP contribution in [-0.2, 0) is 5.54 Å². The Bertz CT molecular complexity index is 538. The van der Waals surface area contributed by atoms with Crippen LogP contribution in [0.1, 0.15) is 39.4 Å². The van der Waals surface area contributed by atoms with Crippen molar-refractivity contribution in [3.8, 4) is 0 Å². The molecule has 1 heterocycles. The van der Waals surface area contributed by atoms with Crippen molar-refractivity contribution in [3.63, 3.8) is 0 Å². The predicted molar refractivity (Wildman–Crippen MR) is 73.1 cm³/mol. The summed E-state index contributed by atoms with van der Waals surface area (Å²) < 4.78 is 2.32. The van der Waals surface area contributed by atoms with Gasteiger partial charge in [0.15, 0.2) is 0 Å². The maximum atomic E-state index is 5.80. The number of nitrogens with two attached hydrogens (primary N) is 1. The third kappa shape index (κ3) is 2.02. The summed E-state index contributed by atoms with van der Waals surface area (Å²) in [5.74, 6) is 1.06. The van der Waals surface area contributed by atoms with E-state index in [0.29, 0.717) is 0 Å². The molecule has 3 heteroatoms. The SMILES string of the molecule is CCCC(C)(C)n1c(C)nc2cc(N)ccc21. The Balaban J connectivity index is 2.64. The van der Waals surface area contributed by atoms with Gasteiger partial charge in [0.25, 0.3) is 0 Å². The van der Waals surface area contributed by atoms with Crippen molar-refractivity contribution >= 4 is 16.7 Å². The molecule has 0 atom stereocenters. The van der Waals surface area contributed by atoms with Crippen LogP contribution in [0.25, 0.3) is 11.0 Å². The average Bonchev–Trinajstić information content (AvgIpc) is 2.53. The fraction of sp³-hybridized carbons (Fsp3) is 0.500. The Morgan fingerprint density at radius 1 is 1.35 bits per heavy atom. The monoisotopic (exact) mass is 231 g/mol. The van der Waals surface area contributed by atoms with Gasteiger partial charge in [0, 0.05) is 11.2 Å². The van der Waals surface area contributed by atoms with Crippen LogP contribution in [0.4, 0.5) is 5.69 Å². The number of fused-ring (bicyclic) bond motifs is 1. The zero-order chi connectivity index (χ0) is 12.6. The van der Waals surface area contributed by atoms with Crippen LogP contribution in [0, 0.1) is 6.92 Å². The molecule has 0 saturated heterocycles. The normalized spacial score (nSPS) is 12.2. The number of rotatable bonds is 3. The fourth-order valence-corrected chi connectivity index (χ4v) is 2.71. The van der Waals surface area contributed by atoms with Gasteiger partial charge < -0.3 is 10.3 Å². The van der Waals surface area contributed by atoms with E-state index in [4.69, 9.17) is 5.73 Å². The first-order chi connectivity index (χ1) is 7.95. The highest BCUT2D eigenvalue weighted by Gasteiger charge is 2.23. The topological polar surface area (TPSA) is 43.8 Å². The smallest absolute Gasteiger partial charge is 0.107 e. The van der Waals surface area contributed by atoms with E-state index in [1.165, 1.54) is 11.9 Å². The van der Waals surface area contributed by atoms with Gasteiger partial charge in [-0.15, -0.1) is 0 Å². The highest BCUT2D eigenvalue weighted by Crippen LogP contribution is 2.29. The van der Waals surface area contributed by atoms with E-state index in [1.807, 2.05) is 12.1 Å². The first kappa shape index (κ1) is 12.0. The minimum absolute atomic E-state index is 0.101. The Labute approximate surface area is 103 Å². The molecule has 0 aliphatic carbocycles. The van der Waals surface area contributed by atoms with Gasteiger partial charge in [0.1, 0.15) is 5.82 Å². The highest BCUT2D eigenvalue weighted by molar-refractivity contribution is 5.80. The molecule has 17 heavy (non-hydrogen) atoms. The molecule has 0 spiro atoms. The lowest BCUT2D eigenvalue weighted by Gasteiger charge is -2.28. The standard InChI is InChI=1S/C14H21N3/c1-5-8-14(3,4)17-10(2)16-12-9-11(15)6-7-13(12)17/h6-7,9H,5,8,15H2,1-4H3.